The summed E-state index contributed by atoms with van der Waals surface area (Å²) in [5.74, 6) is 1.35. The lowest BCUT2D eigenvalue weighted by Gasteiger charge is -2.17. The van der Waals surface area contributed by atoms with E-state index in [0.29, 0.717) is 29.8 Å². The van der Waals surface area contributed by atoms with Gasteiger partial charge in [-0.1, -0.05) is 6.42 Å². The minimum atomic E-state index is -2.86. The molecule has 1 amide bonds. The standard InChI is InChI=1S/C15H18ClF2NO2/c16-8-11-2-1-3-12(11)9-19-14(20)10-4-6-13(7-5-10)21-15(17)18/h4-7,11-12,15H,1-3,8-9H2,(H,19,20). The van der Waals surface area contributed by atoms with Gasteiger partial charge in [0.1, 0.15) is 5.75 Å². The molecule has 0 heterocycles. The highest BCUT2D eigenvalue weighted by Gasteiger charge is 2.26. The Morgan fingerprint density at radius 3 is 2.57 bits per heavy atom. The summed E-state index contributed by atoms with van der Waals surface area (Å²) < 4.78 is 28.3. The summed E-state index contributed by atoms with van der Waals surface area (Å²) in [5.41, 5.74) is 0.428. The van der Waals surface area contributed by atoms with Crippen molar-refractivity contribution in [1.82, 2.24) is 5.32 Å². The van der Waals surface area contributed by atoms with Crippen molar-refractivity contribution in [2.45, 2.75) is 25.9 Å². The zero-order chi connectivity index (χ0) is 15.2. The van der Waals surface area contributed by atoms with Gasteiger partial charge in [-0.25, -0.2) is 0 Å². The van der Waals surface area contributed by atoms with E-state index in [9.17, 15) is 13.6 Å². The summed E-state index contributed by atoms with van der Waals surface area (Å²) in [7, 11) is 0. The van der Waals surface area contributed by atoms with Crippen LogP contribution >= 0.6 is 11.6 Å². The van der Waals surface area contributed by atoms with Crippen molar-refractivity contribution in [3.05, 3.63) is 29.8 Å². The molecule has 1 aromatic rings. The molecule has 0 spiro atoms. The maximum atomic E-state index is 12.0. The fourth-order valence-corrected chi connectivity index (χ4v) is 3.11. The molecule has 0 saturated heterocycles. The lowest BCUT2D eigenvalue weighted by Crippen LogP contribution is -2.31. The van der Waals surface area contributed by atoms with Crippen molar-refractivity contribution < 1.29 is 18.3 Å². The summed E-state index contributed by atoms with van der Waals surface area (Å²) in [4.78, 5) is 12.0. The van der Waals surface area contributed by atoms with Gasteiger partial charge in [0, 0.05) is 18.0 Å². The fourth-order valence-electron chi connectivity index (χ4n) is 2.70. The van der Waals surface area contributed by atoms with Gasteiger partial charge in [-0.15, -0.1) is 11.6 Å². The minimum Gasteiger partial charge on any atom is -0.435 e. The number of carbonyl (C=O) groups is 1. The minimum absolute atomic E-state index is 0.0412. The zero-order valence-electron chi connectivity index (χ0n) is 11.5. The normalized spacial score (nSPS) is 21.5. The SMILES string of the molecule is O=C(NCC1CCCC1CCl)c1ccc(OC(F)F)cc1. The molecule has 1 aromatic carbocycles. The summed E-state index contributed by atoms with van der Waals surface area (Å²) in [5, 5.41) is 2.88. The number of halogens is 3. The predicted octanol–water partition coefficient (Wildman–Crippen LogP) is 3.67. The number of amides is 1. The predicted molar refractivity (Wildman–Crippen MR) is 77.0 cm³/mol. The first-order valence-corrected chi connectivity index (χ1v) is 7.52. The van der Waals surface area contributed by atoms with Crippen LogP contribution < -0.4 is 10.1 Å². The number of hydrogen-bond donors (Lipinski definition) is 1. The van der Waals surface area contributed by atoms with Crippen LogP contribution in [-0.2, 0) is 0 Å². The topological polar surface area (TPSA) is 38.3 Å². The second-order valence-electron chi connectivity index (χ2n) is 5.22. The Kier molecular flexibility index (Phi) is 5.79. The molecule has 2 unspecified atom stereocenters. The Hall–Kier alpha value is -1.36. The van der Waals surface area contributed by atoms with Crippen LogP contribution in [0.5, 0.6) is 5.75 Å². The number of benzene rings is 1. The van der Waals surface area contributed by atoms with Crippen LogP contribution in [0.1, 0.15) is 29.6 Å². The molecule has 0 aliphatic heterocycles. The molecule has 2 atom stereocenters. The molecule has 6 heteroatoms. The summed E-state index contributed by atoms with van der Waals surface area (Å²) >= 11 is 5.91. The maximum Gasteiger partial charge on any atom is 0.387 e. The Morgan fingerprint density at radius 2 is 1.95 bits per heavy atom. The van der Waals surface area contributed by atoms with Crippen molar-refractivity contribution in [2.24, 2.45) is 11.8 Å². The van der Waals surface area contributed by atoms with Crippen LogP contribution in [0.15, 0.2) is 24.3 Å². The van der Waals surface area contributed by atoms with Crippen LogP contribution in [0.4, 0.5) is 8.78 Å². The van der Waals surface area contributed by atoms with Gasteiger partial charge in [-0.3, -0.25) is 4.79 Å². The average molecular weight is 318 g/mol. The number of nitrogens with one attached hydrogen (secondary N) is 1. The van der Waals surface area contributed by atoms with Crippen LogP contribution in [-0.4, -0.2) is 24.9 Å². The van der Waals surface area contributed by atoms with Gasteiger partial charge < -0.3 is 10.1 Å². The van der Waals surface area contributed by atoms with Crippen LogP contribution in [0.2, 0.25) is 0 Å². The average Bonchev–Trinajstić information content (AvgIpc) is 2.92. The molecule has 2 rings (SSSR count). The molecule has 3 nitrogen and oxygen atoms in total. The Bertz CT molecular complexity index is 467. The Balaban J connectivity index is 1.85. The monoisotopic (exact) mass is 317 g/mol. The van der Waals surface area contributed by atoms with E-state index in [1.807, 2.05) is 0 Å². The third kappa shape index (κ3) is 4.56. The maximum absolute atomic E-state index is 12.0. The Morgan fingerprint density at radius 1 is 1.29 bits per heavy atom. The van der Waals surface area contributed by atoms with E-state index in [0.717, 1.165) is 19.3 Å². The lowest BCUT2D eigenvalue weighted by molar-refractivity contribution is -0.0498. The van der Waals surface area contributed by atoms with Crippen LogP contribution in [0.3, 0.4) is 0 Å². The van der Waals surface area contributed by atoms with E-state index in [4.69, 9.17) is 11.6 Å². The van der Waals surface area contributed by atoms with Crippen molar-refractivity contribution in [2.75, 3.05) is 12.4 Å². The van der Waals surface area contributed by atoms with Gasteiger partial charge in [0.25, 0.3) is 5.91 Å². The molecule has 0 aromatic heterocycles. The van der Waals surface area contributed by atoms with E-state index in [-0.39, 0.29) is 11.7 Å². The highest BCUT2D eigenvalue weighted by Crippen LogP contribution is 2.32. The molecular formula is C15H18ClF2NO2. The number of hydrogen-bond acceptors (Lipinski definition) is 2. The van der Waals surface area contributed by atoms with Crippen molar-refractivity contribution in [1.29, 1.82) is 0 Å². The largest absolute Gasteiger partial charge is 0.435 e. The van der Waals surface area contributed by atoms with Gasteiger partial charge in [-0.2, -0.15) is 8.78 Å². The Labute approximate surface area is 127 Å². The molecule has 1 N–H and O–H groups in total. The molecule has 0 radical (unpaired) electrons. The molecule has 1 saturated carbocycles. The molecule has 1 aliphatic rings. The first kappa shape index (κ1) is 16.0. The van der Waals surface area contributed by atoms with Crippen molar-refractivity contribution >= 4 is 17.5 Å². The van der Waals surface area contributed by atoms with Crippen molar-refractivity contribution in [3.8, 4) is 5.75 Å². The third-order valence-electron chi connectivity index (χ3n) is 3.88. The number of ether oxygens (including phenoxy) is 1. The molecule has 0 bridgehead atoms. The van der Waals surface area contributed by atoms with E-state index < -0.39 is 6.61 Å². The van der Waals surface area contributed by atoms with Gasteiger partial charge in [-0.05, 0) is 48.9 Å². The van der Waals surface area contributed by atoms with Gasteiger partial charge in [0.15, 0.2) is 0 Å². The smallest absolute Gasteiger partial charge is 0.387 e. The number of carbonyl (C=O) groups excluding carboxylic acids is 1. The second-order valence-corrected chi connectivity index (χ2v) is 5.53. The molecule has 116 valence electrons. The second kappa shape index (κ2) is 7.59. The molecule has 21 heavy (non-hydrogen) atoms. The summed E-state index contributed by atoms with van der Waals surface area (Å²) in [6.45, 7) is -2.26. The molecule has 1 fully saturated rings. The van der Waals surface area contributed by atoms with Gasteiger partial charge >= 0.3 is 6.61 Å². The summed E-state index contributed by atoms with van der Waals surface area (Å²) in [6, 6.07) is 5.66. The zero-order valence-corrected chi connectivity index (χ0v) is 12.3. The quantitative estimate of drug-likeness (QED) is 0.813. The first-order valence-electron chi connectivity index (χ1n) is 6.99. The van der Waals surface area contributed by atoms with Crippen LogP contribution in [0.25, 0.3) is 0 Å². The van der Waals surface area contributed by atoms with Crippen molar-refractivity contribution in [3.63, 3.8) is 0 Å². The van der Waals surface area contributed by atoms with Gasteiger partial charge in [0.05, 0.1) is 0 Å². The van der Waals surface area contributed by atoms with Crippen LogP contribution in [0, 0.1) is 11.8 Å². The third-order valence-corrected chi connectivity index (χ3v) is 4.28. The van der Waals surface area contributed by atoms with E-state index in [1.165, 1.54) is 24.3 Å². The first-order chi connectivity index (χ1) is 10.1. The highest BCUT2D eigenvalue weighted by molar-refractivity contribution is 6.18. The molecular weight excluding hydrogens is 300 g/mol. The highest BCUT2D eigenvalue weighted by atomic mass is 35.5. The molecule has 1 aliphatic carbocycles. The fraction of sp³-hybridized carbons (Fsp3) is 0.533. The van der Waals surface area contributed by atoms with E-state index in [2.05, 4.69) is 10.1 Å². The van der Waals surface area contributed by atoms with E-state index in [1.54, 1.807) is 0 Å². The lowest BCUT2D eigenvalue weighted by atomic mass is 9.98. The number of rotatable bonds is 6. The van der Waals surface area contributed by atoms with Gasteiger partial charge in [0.2, 0.25) is 0 Å². The van der Waals surface area contributed by atoms with E-state index >= 15 is 0 Å². The summed E-state index contributed by atoms with van der Waals surface area (Å²) in [6.07, 6.45) is 3.35. The number of alkyl halides is 3.